The van der Waals surface area contributed by atoms with Gasteiger partial charge in [0.05, 0.1) is 0 Å². The number of carbonyl (C=O) groups excluding carboxylic acids is 1. The van der Waals surface area contributed by atoms with Crippen LogP contribution in [0.25, 0.3) is 0 Å². The van der Waals surface area contributed by atoms with Crippen molar-refractivity contribution in [1.29, 1.82) is 0 Å². The lowest BCUT2D eigenvalue weighted by molar-refractivity contribution is -0.116. The maximum Gasteiger partial charge on any atom is 0.332 e. The number of ketones is 1. The van der Waals surface area contributed by atoms with Gasteiger partial charge in [-0.2, -0.15) is 0 Å². The molecule has 0 aliphatic carbocycles. The molecule has 0 aliphatic heterocycles. The first-order valence-electron chi connectivity index (χ1n) is 3.63. The van der Waals surface area contributed by atoms with E-state index in [-0.39, 0.29) is 12.2 Å². The van der Waals surface area contributed by atoms with Gasteiger partial charge in [0.2, 0.25) is 0 Å². The van der Waals surface area contributed by atoms with E-state index in [0.717, 1.165) is 0 Å². The molecule has 0 fully saturated rings. The van der Waals surface area contributed by atoms with Crippen molar-refractivity contribution >= 4 is 13.4 Å². The number of carbonyl (C=O) groups is 1. The monoisotopic (exact) mass is 192 g/mol. The summed E-state index contributed by atoms with van der Waals surface area (Å²) in [5.74, 6) is -0.384. The van der Waals surface area contributed by atoms with Crippen LogP contribution in [0.2, 0.25) is 0 Å². The van der Waals surface area contributed by atoms with Gasteiger partial charge in [0.15, 0.2) is 0 Å². The molecule has 70 valence electrons. The largest absolute Gasteiger partial charge is 0.332 e. The number of hydrogen-bond acceptors (Lipinski definition) is 2. The minimum Gasteiger partial charge on any atom is -0.324 e. The molecule has 0 aromatic heterocycles. The summed E-state index contributed by atoms with van der Waals surface area (Å²) in [7, 11) is -4.15. The van der Waals surface area contributed by atoms with E-state index in [1.54, 1.807) is 6.08 Å². The molecule has 0 rings (SSSR count). The lowest BCUT2D eigenvalue weighted by Crippen LogP contribution is -2.04. The summed E-state index contributed by atoms with van der Waals surface area (Å²) < 4.78 is 10.3. The molecule has 12 heavy (non-hydrogen) atoms. The molecule has 0 atom stereocenters. The van der Waals surface area contributed by atoms with Crippen LogP contribution in [-0.2, 0) is 9.36 Å². The fourth-order valence-electron chi connectivity index (χ4n) is 0.752. The van der Waals surface area contributed by atoms with Crippen LogP contribution in [-0.4, -0.2) is 21.7 Å². The SMILES string of the molecule is C=CCCCC(=O)CP(=O)(O)O. The van der Waals surface area contributed by atoms with Gasteiger partial charge in [0, 0.05) is 6.42 Å². The van der Waals surface area contributed by atoms with Gasteiger partial charge in [-0.1, -0.05) is 6.08 Å². The molecule has 2 N–H and O–H groups in total. The normalized spacial score (nSPS) is 11.2. The first-order chi connectivity index (χ1) is 5.45. The molecule has 0 aromatic carbocycles. The molecule has 0 radical (unpaired) electrons. The predicted molar refractivity (Wildman–Crippen MR) is 46.0 cm³/mol. The molecule has 5 heteroatoms. The van der Waals surface area contributed by atoms with E-state index in [1.165, 1.54) is 0 Å². The van der Waals surface area contributed by atoms with Crippen LogP contribution in [0.3, 0.4) is 0 Å². The molecular formula is C7H13O4P. The second-order valence-electron chi connectivity index (χ2n) is 2.54. The second-order valence-corrected chi connectivity index (χ2v) is 4.19. The topological polar surface area (TPSA) is 74.6 Å². The molecular weight excluding hydrogens is 179 g/mol. The number of hydrogen-bond donors (Lipinski definition) is 2. The van der Waals surface area contributed by atoms with E-state index in [0.29, 0.717) is 12.8 Å². The molecule has 0 unspecified atom stereocenters. The van der Waals surface area contributed by atoms with Gasteiger partial charge in [-0.3, -0.25) is 9.36 Å². The van der Waals surface area contributed by atoms with Crippen molar-refractivity contribution in [2.75, 3.05) is 6.16 Å². The van der Waals surface area contributed by atoms with Crippen LogP contribution >= 0.6 is 7.60 Å². The van der Waals surface area contributed by atoms with Crippen molar-refractivity contribution < 1.29 is 19.1 Å². The molecule has 0 saturated carbocycles. The molecule has 0 bridgehead atoms. The van der Waals surface area contributed by atoms with E-state index in [9.17, 15) is 9.36 Å². The Kier molecular flexibility index (Phi) is 5.06. The lowest BCUT2D eigenvalue weighted by Gasteiger charge is -2.01. The second kappa shape index (κ2) is 5.25. The van der Waals surface area contributed by atoms with Gasteiger partial charge in [0.25, 0.3) is 0 Å². The van der Waals surface area contributed by atoms with Crippen LogP contribution in [0.4, 0.5) is 0 Å². The zero-order chi connectivity index (χ0) is 9.61. The van der Waals surface area contributed by atoms with E-state index < -0.39 is 13.8 Å². The van der Waals surface area contributed by atoms with Crippen molar-refractivity contribution in [3.63, 3.8) is 0 Å². The average molecular weight is 192 g/mol. The van der Waals surface area contributed by atoms with E-state index in [4.69, 9.17) is 9.79 Å². The van der Waals surface area contributed by atoms with Gasteiger partial charge >= 0.3 is 7.60 Å². The Labute approximate surface area is 71.5 Å². The fourth-order valence-corrected chi connectivity index (χ4v) is 1.37. The van der Waals surface area contributed by atoms with E-state index in [1.807, 2.05) is 0 Å². The smallest absolute Gasteiger partial charge is 0.324 e. The maximum absolute atomic E-state index is 10.8. The molecule has 4 nitrogen and oxygen atoms in total. The molecule has 0 aliphatic rings. The third kappa shape index (κ3) is 7.66. The third-order valence-corrected chi connectivity index (χ3v) is 2.01. The summed E-state index contributed by atoms with van der Waals surface area (Å²) in [6, 6.07) is 0. The standard InChI is InChI=1S/C7H13O4P/c1-2-3-4-5-7(8)6-12(9,10)11/h2H,1,3-6H2,(H2,9,10,11). The number of rotatable bonds is 6. The zero-order valence-electron chi connectivity index (χ0n) is 6.77. The Morgan fingerprint density at radius 3 is 2.50 bits per heavy atom. The first kappa shape index (κ1) is 11.6. The van der Waals surface area contributed by atoms with E-state index >= 15 is 0 Å². The highest BCUT2D eigenvalue weighted by atomic mass is 31.2. The Bertz CT molecular complexity index is 205. The van der Waals surface area contributed by atoms with Crippen LogP contribution in [0.5, 0.6) is 0 Å². The lowest BCUT2D eigenvalue weighted by atomic mass is 10.2. The van der Waals surface area contributed by atoms with Gasteiger partial charge < -0.3 is 9.79 Å². The molecule has 0 saturated heterocycles. The molecule has 0 spiro atoms. The summed E-state index contributed by atoms with van der Waals surface area (Å²) in [6.07, 6.45) is 2.57. The maximum atomic E-state index is 10.8. The highest BCUT2D eigenvalue weighted by Crippen LogP contribution is 2.34. The first-order valence-corrected chi connectivity index (χ1v) is 5.42. The highest BCUT2D eigenvalue weighted by Gasteiger charge is 2.17. The van der Waals surface area contributed by atoms with Gasteiger partial charge in [-0.15, -0.1) is 6.58 Å². The fraction of sp³-hybridized carbons (Fsp3) is 0.571. The third-order valence-electron chi connectivity index (χ3n) is 1.25. The summed E-state index contributed by atoms with van der Waals surface area (Å²) in [5.41, 5.74) is 0. The minimum absolute atomic E-state index is 0.219. The van der Waals surface area contributed by atoms with Crippen LogP contribution < -0.4 is 0 Å². The molecule has 0 aromatic rings. The Morgan fingerprint density at radius 2 is 2.08 bits per heavy atom. The highest BCUT2D eigenvalue weighted by molar-refractivity contribution is 7.52. The van der Waals surface area contributed by atoms with Crippen molar-refractivity contribution in [2.45, 2.75) is 19.3 Å². The summed E-state index contributed by atoms with van der Waals surface area (Å²) in [5, 5.41) is 0. The zero-order valence-corrected chi connectivity index (χ0v) is 7.67. The van der Waals surface area contributed by atoms with Crippen LogP contribution in [0, 0.1) is 0 Å². The van der Waals surface area contributed by atoms with E-state index in [2.05, 4.69) is 6.58 Å². The Morgan fingerprint density at radius 1 is 1.50 bits per heavy atom. The van der Waals surface area contributed by atoms with Crippen molar-refractivity contribution in [3.8, 4) is 0 Å². The quantitative estimate of drug-likeness (QED) is 0.375. The van der Waals surface area contributed by atoms with Crippen LogP contribution in [0.15, 0.2) is 12.7 Å². The summed E-state index contributed by atoms with van der Waals surface area (Å²) in [6.45, 7) is 3.47. The number of Topliss-reactive ketones (excluding diaryl/α,β-unsaturated/α-hetero) is 1. The summed E-state index contributed by atoms with van der Waals surface area (Å²) in [4.78, 5) is 27.6. The van der Waals surface area contributed by atoms with Gasteiger partial charge in [-0.25, -0.2) is 0 Å². The number of allylic oxidation sites excluding steroid dienone is 1. The van der Waals surface area contributed by atoms with Gasteiger partial charge in [-0.05, 0) is 12.8 Å². The Hall–Kier alpha value is -0.440. The molecule has 0 amide bonds. The van der Waals surface area contributed by atoms with Crippen molar-refractivity contribution in [3.05, 3.63) is 12.7 Å². The Balaban J connectivity index is 3.61. The van der Waals surface area contributed by atoms with Crippen molar-refractivity contribution in [2.24, 2.45) is 0 Å². The van der Waals surface area contributed by atoms with Gasteiger partial charge in [0.1, 0.15) is 11.9 Å². The molecule has 0 heterocycles. The summed E-state index contributed by atoms with van der Waals surface area (Å²) >= 11 is 0. The minimum atomic E-state index is -4.15. The predicted octanol–water partition coefficient (Wildman–Crippen LogP) is 1.09. The number of unbranched alkanes of at least 4 members (excludes halogenated alkanes) is 1. The van der Waals surface area contributed by atoms with Crippen molar-refractivity contribution in [1.82, 2.24) is 0 Å². The average Bonchev–Trinajstić information content (AvgIpc) is 1.84. The van der Waals surface area contributed by atoms with Crippen LogP contribution in [0.1, 0.15) is 19.3 Å².